The number of nitrogens with one attached hydrogen (secondary N) is 1. The van der Waals surface area contributed by atoms with Crippen molar-refractivity contribution in [3.05, 3.63) is 42.2 Å². The monoisotopic (exact) mass is 270 g/mol. The summed E-state index contributed by atoms with van der Waals surface area (Å²) in [6.07, 6.45) is 6.72. The molecule has 2 atom stereocenters. The van der Waals surface area contributed by atoms with Crippen LogP contribution in [0.2, 0.25) is 0 Å². The first-order valence-corrected chi connectivity index (χ1v) is 7.46. The number of pyridine rings is 1. The molecular formula is C17H22N2O. The molecule has 1 N–H and O–H groups in total. The number of ether oxygens (including phenoxy) is 1. The predicted octanol–water partition coefficient (Wildman–Crippen LogP) is 3.31. The molecule has 0 bridgehead atoms. The lowest BCUT2D eigenvalue weighted by molar-refractivity contribution is 0.0207. The van der Waals surface area contributed by atoms with Crippen LogP contribution in [0.1, 0.15) is 31.4 Å². The molecule has 1 aromatic carbocycles. The van der Waals surface area contributed by atoms with Crippen LogP contribution in [0.15, 0.2) is 36.7 Å². The smallest absolute Gasteiger partial charge is 0.0798 e. The van der Waals surface area contributed by atoms with E-state index < -0.39 is 0 Å². The van der Waals surface area contributed by atoms with E-state index in [1.165, 1.54) is 29.2 Å². The highest BCUT2D eigenvalue weighted by molar-refractivity contribution is 5.85. The highest BCUT2D eigenvalue weighted by atomic mass is 16.5. The maximum atomic E-state index is 6.03. The van der Waals surface area contributed by atoms with Crippen LogP contribution in [0, 0.1) is 5.92 Å². The molecule has 1 aliphatic rings. The van der Waals surface area contributed by atoms with Crippen molar-refractivity contribution in [2.45, 2.75) is 31.9 Å². The van der Waals surface area contributed by atoms with Crippen LogP contribution in [-0.2, 0) is 4.74 Å². The number of fused-ring (bicyclic) bond motifs is 1. The van der Waals surface area contributed by atoms with Crippen molar-refractivity contribution in [1.29, 1.82) is 0 Å². The Labute approximate surface area is 120 Å². The first kappa shape index (κ1) is 13.5. The van der Waals surface area contributed by atoms with Gasteiger partial charge in [0, 0.05) is 24.4 Å². The predicted molar refractivity (Wildman–Crippen MR) is 81.7 cm³/mol. The average molecular weight is 270 g/mol. The topological polar surface area (TPSA) is 34.1 Å². The summed E-state index contributed by atoms with van der Waals surface area (Å²) in [5.74, 6) is 0.686. The lowest BCUT2D eigenvalue weighted by Gasteiger charge is -2.28. The van der Waals surface area contributed by atoms with E-state index in [0.717, 1.165) is 6.61 Å². The summed E-state index contributed by atoms with van der Waals surface area (Å²) < 4.78 is 6.03. The molecule has 0 amide bonds. The van der Waals surface area contributed by atoms with Gasteiger partial charge >= 0.3 is 0 Å². The molecule has 20 heavy (non-hydrogen) atoms. The van der Waals surface area contributed by atoms with Gasteiger partial charge in [-0.05, 0) is 43.7 Å². The number of nitrogens with zero attached hydrogens (tertiary/aromatic N) is 1. The van der Waals surface area contributed by atoms with Gasteiger partial charge in [-0.3, -0.25) is 4.98 Å². The third-order valence-corrected chi connectivity index (χ3v) is 4.12. The molecule has 3 heteroatoms. The molecule has 3 rings (SSSR count). The van der Waals surface area contributed by atoms with Crippen molar-refractivity contribution in [2.75, 3.05) is 13.7 Å². The molecule has 0 aliphatic heterocycles. The summed E-state index contributed by atoms with van der Waals surface area (Å²) >= 11 is 0. The zero-order chi connectivity index (χ0) is 13.9. The first-order valence-electron chi connectivity index (χ1n) is 7.46. The van der Waals surface area contributed by atoms with Gasteiger partial charge in [-0.15, -0.1) is 0 Å². The summed E-state index contributed by atoms with van der Waals surface area (Å²) in [4.78, 5) is 4.41. The van der Waals surface area contributed by atoms with Gasteiger partial charge in [0.15, 0.2) is 0 Å². The minimum absolute atomic E-state index is 0.209. The van der Waals surface area contributed by atoms with Gasteiger partial charge in [0.05, 0.1) is 12.1 Å². The number of hydrogen-bond donors (Lipinski definition) is 1. The van der Waals surface area contributed by atoms with E-state index in [4.69, 9.17) is 4.74 Å². The number of rotatable bonds is 6. The van der Waals surface area contributed by atoms with Crippen LogP contribution in [0.3, 0.4) is 0 Å². The molecule has 0 radical (unpaired) electrons. The molecule has 1 saturated carbocycles. The molecule has 0 saturated heterocycles. The summed E-state index contributed by atoms with van der Waals surface area (Å²) in [5, 5.41) is 5.91. The van der Waals surface area contributed by atoms with E-state index in [1.807, 2.05) is 19.4 Å². The van der Waals surface area contributed by atoms with E-state index in [9.17, 15) is 0 Å². The Morgan fingerprint density at radius 2 is 2.10 bits per heavy atom. The molecule has 1 aliphatic carbocycles. The summed E-state index contributed by atoms with van der Waals surface area (Å²) in [6.45, 7) is 2.83. The fourth-order valence-corrected chi connectivity index (χ4v) is 3.01. The summed E-state index contributed by atoms with van der Waals surface area (Å²) in [5.41, 5.74) is 1.25. The maximum Gasteiger partial charge on any atom is 0.0798 e. The largest absolute Gasteiger partial charge is 0.376 e. The second-order valence-corrected chi connectivity index (χ2v) is 5.47. The van der Waals surface area contributed by atoms with Crippen molar-refractivity contribution in [1.82, 2.24) is 10.3 Å². The highest BCUT2D eigenvalue weighted by Crippen LogP contribution is 2.41. The normalized spacial score (nSPS) is 18.1. The van der Waals surface area contributed by atoms with E-state index in [0.29, 0.717) is 5.92 Å². The minimum atomic E-state index is 0.209. The first-order chi connectivity index (χ1) is 9.85. The SMILES string of the molecule is CCOC(C1CC1)C(NC)c1cncc2ccccc12. The average Bonchev–Trinajstić information content (AvgIpc) is 3.32. The molecule has 1 heterocycles. The molecule has 0 spiro atoms. The molecule has 1 fully saturated rings. The molecule has 2 unspecified atom stereocenters. The quantitative estimate of drug-likeness (QED) is 0.874. The Balaban J connectivity index is 2.01. The number of benzene rings is 1. The second-order valence-electron chi connectivity index (χ2n) is 5.47. The number of aromatic nitrogens is 1. The molecule has 2 aromatic rings. The van der Waals surface area contributed by atoms with Gasteiger partial charge in [-0.25, -0.2) is 0 Å². The lowest BCUT2D eigenvalue weighted by Crippen LogP contribution is -2.33. The van der Waals surface area contributed by atoms with Gasteiger partial charge in [0.2, 0.25) is 0 Å². The zero-order valence-corrected chi connectivity index (χ0v) is 12.2. The second kappa shape index (κ2) is 5.90. The third-order valence-electron chi connectivity index (χ3n) is 4.12. The number of hydrogen-bond acceptors (Lipinski definition) is 3. The van der Waals surface area contributed by atoms with Gasteiger partial charge in [-0.1, -0.05) is 24.3 Å². The highest BCUT2D eigenvalue weighted by Gasteiger charge is 2.37. The molecule has 106 valence electrons. The summed E-state index contributed by atoms with van der Waals surface area (Å²) in [6, 6.07) is 8.65. The van der Waals surface area contributed by atoms with Crippen molar-refractivity contribution in [3.8, 4) is 0 Å². The minimum Gasteiger partial charge on any atom is -0.376 e. The third kappa shape index (κ3) is 2.56. The van der Waals surface area contributed by atoms with Gasteiger partial charge in [0.1, 0.15) is 0 Å². The van der Waals surface area contributed by atoms with Gasteiger partial charge in [-0.2, -0.15) is 0 Å². The fourth-order valence-electron chi connectivity index (χ4n) is 3.01. The summed E-state index contributed by atoms with van der Waals surface area (Å²) in [7, 11) is 2.01. The molecular weight excluding hydrogens is 248 g/mol. The van der Waals surface area contributed by atoms with E-state index in [1.54, 1.807) is 0 Å². The standard InChI is InChI=1S/C17H22N2O/c1-3-20-17(12-8-9-12)16(18-2)15-11-19-10-13-6-4-5-7-14(13)15/h4-7,10-12,16-18H,3,8-9H2,1-2H3. The van der Waals surface area contributed by atoms with Crippen LogP contribution < -0.4 is 5.32 Å². The molecule has 3 nitrogen and oxygen atoms in total. The van der Waals surface area contributed by atoms with Crippen molar-refractivity contribution in [3.63, 3.8) is 0 Å². The van der Waals surface area contributed by atoms with E-state index in [2.05, 4.69) is 41.5 Å². The van der Waals surface area contributed by atoms with Crippen LogP contribution in [-0.4, -0.2) is 24.7 Å². The molecule has 1 aromatic heterocycles. The van der Waals surface area contributed by atoms with E-state index >= 15 is 0 Å². The number of likely N-dealkylation sites (N-methyl/N-ethyl adjacent to an activating group) is 1. The van der Waals surface area contributed by atoms with E-state index in [-0.39, 0.29) is 12.1 Å². The van der Waals surface area contributed by atoms with Crippen molar-refractivity contribution >= 4 is 10.8 Å². The van der Waals surface area contributed by atoms with Crippen LogP contribution in [0.25, 0.3) is 10.8 Å². The Kier molecular flexibility index (Phi) is 3.99. The van der Waals surface area contributed by atoms with Gasteiger partial charge in [0.25, 0.3) is 0 Å². The van der Waals surface area contributed by atoms with Crippen molar-refractivity contribution in [2.24, 2.45) is 5.92 Å². The van der Waals surface area contributed by atoms with Crippen molar-refractivity contribution < 1.29 is 4.74 Å². The fraction of sp³-hybridized carbons (Fsp3) is 0.471. The lowest BCUT2D eigenvalue weighted by atomic mass is 9.95. The van der Waals surface area contributed by atoms with Crippen LogP contribution in [0.5, 0.6) is 0 Å². The Morgan fingerprint density at radius 3 is 2.80 bits per heavy atom. The Morgan fingerprint density at radius 1 is 1.30 bits per heavy atom. The Hall–Kier alpha value is -1.45. The Bertz CT molecular complexity index is 575. The van der Waals surface area contributed by atoms with Gasteiger partial charge < -0.3 is 10.1 Å². The van der Waals surface area contributed by atoms with Crippen LogP contribution >= 0.6 is 0 Å². The maximum absolute atomic E-state index is 6.03. The van der Waals surface area contributed by atoms with Crippen LogP contribution in [0.4, 0.5) is 0 Å². The zero-order valence-electron chi connectivity index (χ0n) is 12.2.